The molecule has 0 saturated carbocycles. The van der Waals surface area contributed by atoms with E-state index < -0.39 is 0 Å². The van der Waals surface area contributed by atoms with E-state index in [0.717, 1.165) is 15.6 Å². The average Bonchev–Trinajstić information content (AvgIpc) is 3.11. The van der Waals surface area contributed by atoms with Crippen LogP contribution in [0.25, 0.3) is 22.4 Å². The Morgan fingerprint density at radius 1 is 1.08 bits per heavy atom. The van der Waals surface area contributed by atoms with Crippen LogP contribution >= 0.6 is 27.3 Å². The molecule has 2 heterocycles. The molecule has 7 heteroatoms. The first-order valence-electron chi connectivity index (χ1n) is 7.03. The van der Waals surface area contributed by atoms with Crippen molar-refractivity contribution in [1.82, 2.24) is 14.6 Å². The van der Waals surface area contributed by atoms with Gasteiger partial charge in [-0.15, -0.1) is 5.10 Å². The zero-order valence-corrected chi connectivity index (χ0v) is 14.5. The Balaban J connectivity index is 1.79. The summed E-state index contributed by atoms with van der Waals surface area (Å²) < 4.78 is 15.7. The van der Waals surface area contributed by atoms with E-state index in [1.807, 2.05) is 24.3 Å². The van der Waals surface area contributed by atoms with Gasteiger partial charge < -0.3 is 0 Å². The van der Waals surface area contributed by atoms with Gasteiger partial charge in [-0.25, -0.2) is 4.39 Å². The van der Waals surface area contributed by atoms with Crippen molar-refractivity contribution in [3.05, 3.63) is 79.3 Å². The molecule has 2 aromatic heterocycles. The second-order valence-corrected chi connectivity index (χ2v) is 7.03. The number of rotatable bonds is 2. The molecule has 0 aliphatic rings. The number of hydrogen-bond donors (Lipinski definition) is 0. The molecule has 0 aliphatic heterocycles. The van der Waals surface area contributed by atoms with Gasteiger partial charge in [0.05, 0.1) is 4.53 Å². The third-order valence-electron chi connectivity index (χ3n) is 3.45. The van der Waals surface area contributed by atoms with E-state index in [0.29, 0.717) is 15.3 Å². The number of halogens is 2. The lowest BCUT2D eigenvalue weighted by molar-refractivity contribution is 0.628. The van der Waals surface area contributed by atoms with E-state index in [1.54, 1.807) is 18.2 Å². The summed E-state index contributed by atoms with van der Waals surface area (Å²) in [6.07, 6.45) is 1.71. The molecule has 0 atom stereocenters. The zero-order chi connectivity index (χ0) is 16.7. The first-order valence-corrected chi connectivity index (χ1v) is 8.64. The molecule has 4 rings (SSSR count). The van der Waals surface area contributed by atoms with Crippen molar-refractivity contribution >= 4 is 38.3 Å². The molecular weight excluding hydrogens is 393 g/mol. The monoisotopic (exact) mass is 401 g/mol. The fourth-order valence-electron chi connectivity index (χ4n) is 2.27. The molecule has 118 valence electrons. The third kappa shape index (κ3) is 2.76. The Bertz CT molecular complexity index is 1130. The normalized spacial score (nSPS) is 12.2. The molecule has 0 spiro atoms. The fraction of sp³-hybridized carbons (Fsp3) is 0. The number of nitrogens with zero attached hydrogens (tertiary/aromatic N) is 3. The smallest absolute Gasteiger partial charge is 0.266 e. The molecule has 0 unspecified atom stereocenters. The zero-order valence-electron chi connectivity index (χ0n) is 12.1. The Kier molecular flexibility index (Phi) is 3.74. The van der Waals surface area contributed by atoms with Gasteiger partial charge in [0.2, 0.25) is 4.96 Å². The van der Waals surface area contributed by atoms with E-state index in [1.165, 1.54) is 28.0 Å². The second kappa shape index (κ2) is 5.92. The predicted octanol–water partition coefficient (Wildman–Crippen LogP) is 3.27. The Morgan fingerprint density at radius 2 is 1.79 bits per heavy atom. The maximum absolute atomic E-state index is 13.0. The van der Waals surface area contributed by atoms with Crippen LogP contribution in [0.1, 0.15) is 5.56 Å². The van der Waals surface area contributed by atoms with Crippen LogP contribution in [0.4, 0.5) is 4.39 Å². The lowest BCUT2D eigenvalue weighted by Crippen LogP contribution is -2.23. The molecular formula is C17H9BrFN3OS. The molecule has 24 heavy (non-hydrogen) atoms. The second-order valence-electron chi connectivity index (χ2n) is 5.10. The number of thiazole rings is 1. The van der Waals surface area contributed by atoms with Crippen molar-refractivity contribution in [2.45, 2.75) is 0 Å². The van der Waals surface area contributed by atoms with Crippen LogP contribution in [0.2, 0.25) is 0 Å². The van der Waals surface area contributed by atoms with Crippen LogP contribution in [0, 0.1) is 5.82 Å². The summed E-state index contributed by atoms with van der Waals surface area (Å²) in [4.78, 5) is 17.4. The van der Waals surface area contributed by atoms with Crippen molar-refractivity contribution in [1.29, 1.82) is 0 Å². The minimum absolute atomic E-state index is 0.227. The maximum atomic E-state index is 13.0. The number of hydrogen-bond acceptors (Lipinski definition) is 4. The van der Waals surface area contributed by atoms with E-state index >= 15 is 0 Å². The van der Waals surface area contributed by atoms with Crippen LogP contribution in [0.5, 0.6) is 0 Å². The van der Waals surface area contributed by atoms with Gasteiger partial charge >= 0.3 is 0 Å². The fourth-order valence-corrected chi connectivity index (χ4v) is 3.44. The van der Waals surface area contributed by atoms with Crippen molar-refractivity contribution in [2.75, 3.05) is 0 Å². The van der Waals surface area contributed by atoms with Gasteiger partial charge in [-0.05, 0) is 35.9 Å². The molecule has 0 aliphatic carbocycles. The van der Waals surface area contributed by atoms with Gasteiger partial charge in [0.1, 0.15) is 5.82 Å². The van der Waals surface area contributed by atoms with Gasteiger partial charge in [0.25, 0.3) is 5.56 Å². The Labute approximate surface area is 148 Å². The van der Waals surface area contributed by atoms with Gasteiger partial charge in [-0.1, -0.05) is 51.5 Å². The summed E-state index contributed by atoms with van der Waals surface area (Å²) in [7, 11) is 0. The summed E-state index contributed by atoms with van der Waals surface area (Å²) in [5.41, 5.74) is 1.37. The van der Waals surface area contributed by atoms with Crippen LogP contribution in [0.15, 0.2) is 57.8 Å². The molecule has 2 aromatic carbocycles. The minimum Gasteiger partial charge on any atom is -0.266 e. The molecule has 0 radical (unpaired) electrons. The quantitative estimate of drug-likeness (QED) is 0.517. The van der Waals surface area contributed by atoms with Crippen molar-refractivity contribution < 1.29 is 4.39 Å². The topological polar surface area (TPSA) is 47.3 Å². The van der Waals surface area contributed by atoms with Crippen LogP contribution in [-0.4, -0.2) is 14.6 Å². The summed E-state index contributed by atoms with van der Waals surface area (Å²) in [6.45, 7) is 0. The molecule has 0 fully saturated rings. The Morgan fingerprint density at radius 3 is 2.46 bits per heavy atom. The van der Waals surface area contributed by atoms with E-state index in [9.17, 15) is 9.18 Å². The van der Waals surface area contributed by atoms with Crippen molar-refractivity contribution in [3.8, 4) is 11.4 Å². The summed E-state index contributed by atoms with van der Waals surface area (Å²) in [6, 6.07) is 13.5. The van der Waals surface area contributed by atoms with Gasteiger partial charge in [-0.2, -0.15) is 9.50 Å². The van der Waals surface area contributed by atoms with Crippen LogP contribution in [0.3, 0.4) is 0 Å². The summed E-state index contributed by atoms with van der Waals surface area (Å²) in [5, 5.41) is 4.30. The molecule has 0 N–H and O–H groups in total. The summed E-state index contributed by atoms with van der Waals surface area (Å²) >= 11 is 4.64. The molecule has 0 amide bonds. The van der Waals surface area contributed by atoms with Gasteiger partial charge in [0.15, 0.2) is 5.82 Å². The van der Waals surface area contributed by atoms with Crippen LogP contribution in [-0.2, 0) is 0 Å². The highest BCUT2D eigenvalue weighted by atomic mass is 79.9. The first-order chi connectivity index (χ1) is 11.6. The largest absolute Gasteiger partial charge is 0.291 e. The Hall–Kier alpha value is -2.38. The van der Waals surface area contributed by atoms with Gasteiger partial charge in [-0.3, -0.25) is 4.79 Å². The van der Waals surface area contributed by atoms with E-state index in [4.69, 9.17) is 0 Å². The number of fused-ring (bicyclic) bond motifs is 1. The lowest BCUT2D eigenvalue weighted by atomic mass is 10.2. The lowest BCUT2D eigenvalue weighted by Gasteiger charge is -1.94. The van der Waals surface area contributed by atoms with E-state index in [2.05, 4.69) is 26.0 Å². The van der Waals surface area contributed by atoms with Crippen molar-refractivity contribution in [3.63, 3.8) is 0 Å². The molecule has 4 aromatic rings. The molecule has 0 bridgehead atoms. The molecule has 4 nitrogen and oxygen atoms in total. The van der Waals surface area contributed by atoms with Crippen LogP contribution < -0.4 is 10.1 Å². The number of benzene rings is 2. The van der Waals surface area contributed by atoms with Gasteiger partial charge in [0, 0.05) is 10.0 Å². The maximum Gasteiger partial charge on any atom is 0.291 e. The summed E-state index contributed by atoms with van der Waals surface area (Å²) in [5.74, 6) is 0.204. The molecule has 0 saturated heterocycles. The average molecular weight is 402 g/mol. The third-order valence-corrected chi connectivity index (χ3v) is 4.94. The SMILES string of the molecule is O=c1/c(=C\c2ccc(F)cc2)sc2nc(-c3ccc(Br)cc3)nn12. The number of aromatic nitrogens is 3. The highest BCUT2D eigenvalue weighted by Gasteiger charge is 2.11. The minimum atomic E-state index is -0.309. The van der Waals surface area contributed by atoms with Crippen molar-refractivity contribution in [2.24, 2.45) is 0 Å². The predicted molar refractivity (Wildman–Crippen MR) is 95.5 cm³/mol. The van der Waals surface area contributed by atoms with E-state index in [-0.39, 0.29) is 11.4 Å². The highest BCUT2D eigenvalue weighted by Crippen LogP contribution is 2.19. The first kappa shape index (κ1) is 15.2. The standard InChI is InChI=1S/C17H9BrFN3OS/c18-12-5-3-11(4-6-12)15-20-17-22(21-15)16(23)14(24-17)9-10-1-7-13(19)8-2-10/h1-9H/b14-9+. The highest BCUT2D eigenvalue weighted by molar-refractivity contribution is 9.10.